The second kappa shape index (κ2) is 12.8. The van der Waals surface area contributed by atoms with Gasteiger partial charge in [-0.2, -0.15) is 0 Å². The van der Waals surface area contributed by atoms with Crippen LogP contribution in [-0.2, 0) is 9.31 Å². The summed E-state index contributed by atoms with van der Waals surface area (Å²) in [5, 5.41) is 6.97. The van der Waals surface area contributed by atoms with E-state index >= 15 is 0 Å². The average Bonchev–Trinajstić information content (AvgIpc) is 3.98. The van der Waals surface area contributed by atoms with Gasteiger partial charge in [-0.05, 0) is 104 Å². The molecule has 0 aliphatic carbocycles. The van der Waals surface area contributed by atoms with E-state index in [1.54, 1.807) is 0 Å². The van der Waals surface area contributed by atoms with Crippen molar-refractivity contribution in [3.8, 4) is 33.6 Å². The average molecular weight is 777 g/mol. The predicted molar refractivity (Wildman–Crippen MR) is 249 cm³/mol. The third-order valence-corrected chi connectivity index (χ3v) is 13.2. The highest BCUT2D eigenvalue weighted by molar-refractivity contribution is 6.64. The van der Waals surface area contributed by atoms with Gasteiger partial charge in [0.1, 0.15) is 11.2 Å². The Hall–Kier alpha value is -6.86. The summed E-state index contributed by atoms with van der Waals surface area (Å²) < 4.78 is 25.6. The maximum absolute atomic E-state index is 6.96. The van der Waals surface area contributed by atoms with Gasteiger partial charge < -0.3 is 22.9 Å². The molecule has 0 saturated carbocycles. The molecule has 11 aromatic rings. The van der Waals surface area contributed by atoms with Crippen molar-refractivity contribution in [2.45, 2.75) is 38.9 Å². The Kier molecular flexibility index (Phi) is 7.50. The maximum Gasteiger partial charge on any atom is 0.495 e. The Morgan fingerprint density at radius 2 is 0.950 bits per heavy atom. The Balaban J connectivity index is 1.15. The zero-order chi connectivity index (χ0) is 40.3. The van der Waals surface area contributed by atoms with Crippen LogP contribution in [0.25, 0.3) is 99.2 Å². The van der Waals surface area contributed by atoms with Crippen molar-refractivity contribution in [3.05, 3.63) is 176 Å². The summed E-state index contributed by atoms with van der Waals surface area (Å²) in [4.78, 5) is 0. The van der Waals surface area contributed by atoms with Crippen molar-refractivity contribution in [2.75, 3.05) is 0 Å². The predicted octanol–water partition coefficient (Wildman–Crippen LogP) is 13.4. The molecule has 3 aromatic heterocycles. The number of nitrogens with zero attached hydrogens (tertiary/aromatic N) is 2. The minimum atomic E-state index is -0.644. The Morgan fingerprint density at radius 1 is 0.400 bits per heavy atom. The number of hydrogen-bond acceptors (Lipinski definition) is 3. The van der Waals surface area contributed by atoms with Crippen LogP contribution in [-0.4, -0.2) is 27.5 Å². The first kappa shape index (κ1) is 35.1. The highest BCUT2D eigenvalue weighted by Gasteiger charge is 2.52. The molecular formula is C54H41BN2O3. The molecule has 0 atom stereocenters. The molecule has 0 bridgehead atoms. The van der Waals surface area contributed by atoms with E-state index in [1.807, 2.05) is 6.07 Å². The molecule has 1 fully saturated rings. The van der Waals surface area contributed by atoms with E-state index < -0.39 is 18.3 Å². The summed E-state index contributed by atoms with van der Waals surface area (Å²) in [5.74, 6) is 0. The third-order valence-electron chi connectivity index (χ3n) is 13.2. The number of benzene rings is 8. The van der Waals surface area contributed by atoms with Gasteiger partial charge in [0.05, 0.1) is 33.3 Å². The minimum Gasteiger partial charge on any atom is -0.455 e. The van der Waals surface area contributed by atoms with Crippen LogP contribution in [0.2, 0.25) is 0 Å². The number of fused-ring (bicyclic) bond motifs is 9. The normalized spacial score (nSPS) is 15.1. The lowest BCUT2D eigenvalue weighted by Crippen LogP contribution is -2.41. The first-order valence-corrected chi connectivity index (χ1v) is 20.8. The van der Waals surface area contributed by atoms with Crippen LogP contribution >= 0.6 is 0 Å². The van der Waals surface area contributed by atoms with E-state index in [9.17, 15) is 0 Å². The second-order valence-corrected chi connectivity index (χ2v) is 17.1. The molecule has 12 rings (SSSR count). The van der Waals surface area contributed by atoms with Crippen LogP contribution in [0, 0.1) is 0 Å². The lowest BCUT2D eigenvalue weighted by molar-refractivity contribution is 0.00578. The maximum atomic E-state index is 6.96. The SMILES string of the molecule is CC1(C)OB(c2cc(-n3c4ccccc4c4ccc(-c5ccccc5)cc43)ccc2-c2cc(-n3c4ccccc4c4ccccc43)cc3c2oc2ccccc23)OC1(C)C. The molecule has 60 heavy (non-hydrogen) atoms. The Labute approximate surface area is 348 Å². The Bertz CT molecular complexity index is 3450. The van der Waals surface area contributed by atoms with Crippen LogP contribution in [0.1, 0.15) is 27.7 Å². The molecule has 1 saturated heterocycles. The first-order chi connectivity index (χ1) is 29.2. The standard InChI is InChI=1S/C54H41BN2O3/c1-53(2)54(3,4)60-55(59-53)46-33-36(56-47-22-12-10-20-41(47)42-28-26-35(30-50(42)56)34-16-6-5-7-17-34)27-29-38(46)44-31-37(32-45-43-21-11-15-25-51(43)58-52(44)45)57-48-23-13-8-18-39(48)40-19-9-14-24-49(40)57/h5-33H,1-4H3. The fourth-order valence-electron chi connectivity index (χ4n) is 9.50. The van der Waals surface area contributed by atoms with Crippen molar-refractivity contribution in [1.82, 2.24) is 9.13 Å². The van der Waals surface area contributed by atoms with Crippen molar-refractivity contribution < 1.29 is 13.7 Å². The van der Waals surface area contributed by atoms with Gasteiger partial charge in [-0.1, -0.05) is 121 Å². The van der Waals surface area contributed by atoms with Gasteiger partial charge in [0.15, 0.2) is 0 Å². The molecule has 0 radical (unpaired) electrons. The molecule has 8 aromatic carbocycles. The molecular weight excluding hydrogens is 735 g/mol. The largest absolute Gasteiger partial charge is 0.495 e. The quantitative estimate of drug-likeness (QED) is 0.164. The molecule has 0 N–H and O–H groups in total. The van der Waals surface area contributed by atoms with Crippen LogP contribution in [0.4, 0.5) is 0 Å². The lowest BCUT2D eigenvalue weighted by atomic mass is 9.74. The van der Waals surface area contributed by atoms with Gasteiger partial charge in [-0.15, -0.1) is 0 Å². The van der Waals surface area contributed by atoms with Gasteiger partial charge in [-0.25, -0.2) is 0 Å². The van der Waals surface area contributed by atoms with Gasteiger partial charge in [0.2, 0.25) is 0 Å². The number of rotatable bonds is 5. The van der Waals surface area contributed by atoms with Gasteiger partial charge in [0, 0.05) is 49.3 Å². The van der Waals surface area contributed by atoms with Crippen molar-refractivity contribution in [2.24, 2.45) is 0 Å². The topological polar surface area (TPSA) is 41.5 Å². The highest BCUT2D eigenvalue weighted by Crippen LogP contribution is 2.43. The summed E-state index contributed by atoms with van der Waals surface area (Å²) in [6.45, 7) is 8.48. The first-order valence-electron chi connectivity index (χ1n) is 20.8. The summed E-state index contributed by atoms with van der Waals surface area (Å²) in [7, 11) is -0.644. The monoisotopic (exact) mass is 776 g/mol. The summed E-state index contributed by atoms with van der Waals surface area (Å²) in [6, 6.07) is 63.1. The van der Waals surface area contributed by atoms with Crippen LogP contribution in [0.3, 0.4) is 0 Å². The van der Waals surface area contributed by atoms with Gasteiger partial charge >= 0.3 is 7.12 Å². The van der Waals surface area contributed by atoms with Crippen molar-refractivity contribution in [1.29, 1.82) is 0 Å². The van der Waals surface area contributed by atoms with E-state index in [2.05, 4.69) is 207 Å². The van der Waals surface area contributed by atoms with E-state index in [-0.39, 0.29) is 0 Å². The van der Waals surface area contributed by atoms with Gasteiger partial charge in [-0.3, -0.25) is 0 Å². The van der Waals surface area contributed by atoms with Crippen molar-refractivity contribution >= 4 is 78.1 Å². The summed E-state index contributed by atoms with van der Waals surface area (Å²) in [5.41, 5.74) is 12.5. The number of aromatic nitrogens is 2. The number of furan rings is 1. The van der Waals surface area contributed by atoms with Crippen molar-refractivity contribution in [3.63, 3.8) is 0 Å². The van der Waals surface area contributed by atoms with E-state index in [1.165, 1.54) is 32.7 Å². The molecule has 0 unspecified atom stereocenters. The molecule has 0 spiro atoms. The second-order valence-electron chi connectivity index (χ2n) is 17.1. The fraction of sp³-hybridized carbons (Fsp3) is 0.111. The molecule has 1 aliphatic heterocycles. The minimum absolute atomic E-state index is 0.554. The molecule has 6 heteroatoms. The molecule has 5 nitrogen and oxygen atoms in total. The molecule has 4 heterocycles. The molecule has 288 valence electrons. The van der Waals surface area contributed by atoms with Crippen LogP contribution in [0.15, 0.2) is 180 Å². The van der Waals surface area contributed by atoms with Crippen LogP contribution in [0.5, 0.6) is 0 Å². The smallest absolute Gasteiger partial charge is 0.455 e. The Morgan fingerprint density at radius 3 is 1.60 bits per heavy atom. The summed E-state index contributed by atoms with van der Waals surface area (Å²) in [6.07, 6.45) is 0. The number of hydrogen-bond donors (Lipinski definition) is 0. The zero-order valence-electron chi connectivity index (χ0n) is 33.9. The molecule has 0 amide bonds. The van der Waals surface area contributed by atoms with Gasteiger partial charge in [0.25, 0.3) is 0 Å². The van der Waals surface area contributed by atoms with Crippen LogP contribution < -0.4 is 5.46 Å². The zero-order valence-corrected chi connectivity index (χ0v) is 33.9. The van der Waals surface area contributed by atoms with E-state index in [0.717, 1.165) is 72.0 Å². The summed E-state index contributed by atoms with van der Waals surface area (Å²) >= 11 is 0. The number of para-hydroxylation sites is 4. The lowest BCUT2D eigenvalue weighted by Gasteiger charge is -2.32. The molecule has 1 aliphatic rings. The fourth-order valence-corrected chi connectivity index (χ4v) is 9.50. The third kappa shape index (κ3) is 5.14. The highest BCUT2D eigenvalue weighted by atomic mass is 16.7. The van der Waals surface area contributed by atoms with E-state index in [4.69, 9.17) is 13.7 Å². The van der Waals surface area contributed by atoms with E-state index in [0.29, 0.717) is 0 Å².